The number of allylic oxidation sites excluding steroid dienone is 1. The zero-order valence-corrected chi connectivity index (χ0v) is 24.0. The van der Waals surface area contributed by atoms with Gasteiger partial charge in [-0.05, 0) is 43.5 Å². The fourth-order valence-corrected chi connectivity index (χ4v) is 5.84. The first-order chi connectivity index (χ1) is 17.4. The fraction of sp³-hybridized carbons (Fsp3) is 0.593. The first-order valence-electron chi connectivity index (χ1n) is 13.1. The van der Waals surface area contributed by atoms with Crippen molar-refractivity contribution < 1.29 is 18.5 Å². The Labute approximate surface area is 221 Å². The maximum absolute atomic E-state index is 13.2. The van der Waals surface area contributed by atoms with Crippen LogP contribution in [0.4, 0.5) is 4.79 Å². The van der Waals surface area contributed by atoms with Gasteiger partial charge in [0, 0.05) is 18.8 Å². The highest BCUT2D eigenvalue weighted by Gasteiger charge is 2.48. The Morgan fingerprint density at radius 2 is 1.97 bits per heavy atom. The monoisotopic (exact) mass is 527 g/mol. The number of carbonyl (C=O) groups is 1. The van der Waals surface area contributed by atoms with Gasteiger partial charge in [-0.3, -0.25) is 4.84 Å². The minimum absolute atomic E-state index is 0.0328. The predicted molar refractivity (Wildman–Crippen MR) is 144 cm³/mol. The Morgan fingerprint density at radius 3 is 2.65 bits per heavy atom. The minimum Gasteiger partial charge on any atom is -0.423 e. The van der Waals surface area contributed by atoms with E-state index in [9.17, 15) is 4.79 Å². The highest BCUT2D eigenvalue weighted by Crippen LogP contribution is 2.39. The van der Waals surface area contributed by atoms with Crippen molar-refractivity contribution in [2.24, 2.45) is 0 Å². The van der Waals surface area contributed by atoms with Crippen LogP contribution in [0.1, 0.15) is 63.9 Å². The van der Waals surface area contributed by atoms with E-state index in [1.807, 2.05) is 37.3 Å². The van der Waals surface area contributed by atoms with Gasteiger partial charge >= 0.3 is 6.03 Å². The largest absolute Gasteiger partial charge is 0.423 e. The number of carbonyl (C=O) groups excluding carboxylic acids is 1. The number of amides is 2. The van der Waals surface area contributed by atoms with Crippen LogP contribution in [-0.4, -0.2) is 59.7 Å². The quantitative estimate of drug-likeness (QED) is 0.402. The van der Waals surface area contributed by atoms with E-state index in [0.29, 0.717) is 37.9 Å². The van der Waals surface area contributed by atoms with Crippen molar-refractivity contribution in [2.45, 2.75) is 89.9 Å². The molecule has 37 heavy (non-hydrogen) atoms. The van der Waals surface area contributed by atoms with Gasteiger partial charge in [0.15, 0.2) is 8.32 Å². The molecule has 2 aromatic rings. The molecule has 0 spiro atoms. The number of hydrogen-bond acceptors (Lipinski definition) is 7. The molecule has 1 N–H and O–H groups in total. The molecule has 1 aromatic heterocycles. The van der Waals surface area contributed by atoms with E-state index < -0.39 is 8.32 Å². The molecule has 1 unspecified atom stereocenters. The predicted octanol–water partition coefficient (Wildman–Crippen LogP) is 5.20. The second-order valence-electron chi connectivity index (χ2n) is 11.7. The first kappa shape index (κ1) is 27.3. The van der Waals surface area contributed by atoms with E-state index in [1.54, 1.807) is 4.90 Å². The Morgan fingerprint density at radius 1 is 1.24 bits per heavy atom. The standard InChI is InChI=1S/C27H41N5O4Si/c1-19(2)28-16-22(36-37(6,7)27(3,4)5)15-24-29-30-25(35-24)23-14-13-21-17-31(23)26(33)32(21)34-18-20-11-9-8-10-12-20/h8-12,21-23,28H,1,13-18H2,2-7H3/t21-,22?,23+/m1/s1. The van der Waals surface area contributed by atoms with Crippen LogP contribution in [-0.2, 0) is 22.3 Å². The van der Waals surface area contributed by atoms with Gasteiger partial charge in [0.2, 0.25) is 11.8 Å². The normalized spacial score (nSPS) is 20.9. The molecule has 2 fully saturated rings. The average molecular weight is 528 g/mol. The molecule has 2 aliphatic heterocycles. The highest BCUT2D eigenvalue weighted by atomic mass is 28.4. The Hall–Kier alpha value is -2.69. The molecule has 4 rings (SSSR count). The summed E-state index contributed by atoms with van der Waals surface area (Å²) < 4.78 is 12.8. The molecule has 0 saturated carbocycles. The summed E-state index contributed by atoms with van der Waals surface area (Å²) in [7, 11) is -2.01. The molecule has 202 valence electrons. The van der Waals surface area contributed by atoms with Crippen LogP contribution in [0.5, 0.6) is 0 Å². The zero-order chi connectivity index (χ0) is 26.8. The van der Waals surface area contributed by atoms with Gasteiger partial charge < -0.3 is 19.1 Å². The molecule has 2 amide bonds. The summed E-state index contributed by atoms with van der Waals surface area (Å²) in [5.74, 6) is 0.999. The summed E-state index contributed by atoms with van der Waals surface area (Å²) in [4.78, 5) is 20.9. The molecule has 2 saturated heterocycles. The van der Waals surface area contributed by atoms with Gasteiger partial charge in [0.25, 0.3) is 0 Å². The molecule has 0 aliphatic carbocycles. The van der Waals surface area contributed by atoms with Gasteiger partial charge in [-0.15, -0.1) is 10.2 Å². The van der Waals surface area contributed by atoms with Crippen LogP contribution in [0.15, 0.2) is 47.0 Å². The van der Waals surface area contributed by atoms with Gasteiger partial charge in [0.05, 0.1) is 18.6 Å². The lowest BCUT2D eigenvalue weighted by atomic mass is 10.0. The number of rotatable bonds is 11. The van der Waals surface area contributed by atoms with Crippen LogP contribution < -0.4 is 5.32 Å². The lowest BCUT2D eigenvalue weighted by Gasteiger charge is -2.39. The molecule has 3 atom stereocenters. The van der Waals surface area contributed by atoms with Crippen LogP contribution in [0, 0.1) is 0 Å². The number of hydrogen-bond donors (Lipinski definition) is 1. The van der Waals surface area contributed by atoms with Gasteiger partial charge in [-0.1, -0.05) is 57.7 Å². The summed E-state index contributed by atoms with van der Waals surface area (Å²) in [5.41, 5.74) is 1.92. The lowest BCUT2D eigenvalue weighted by Crippen LogP contribution is -2.47. The van der Waals surface area contributed by atoms with Gasteiger partial charge in [-0.25, -0.2) is 4.79 Å². The van der Waals surface area contributed by atoms with Crippen molar-refractivity contribution in [1.29, 1.82) is 0 Å². The third-order valence-corrected chi connectivity index (χ3v) is 12.1. The average Bonchev–Trinajstić information content (AvgIpc) is 3.39. The van der Waals surface area contributed by atoms with E-state index >= 15 is 0 Å². The van der Waals surface area contributed by atoms with Crippen molar-refractivity contribution in [3.63, 3.8) is 0 Å². The molecule has 2 bridgehead atoms. The number of nitrogens with zero attached hydrogens (tertiary/aromatic N) is 4. The lowest BCUT2D eigenvalue weighted by molar-refractivity contribution is -0.140. The molecule has 2 aliphatic rings. The maximum Gasteiger partial charge on any atom is 0.345 e. The minimum atomic E-state index is -2.01. The molecule has 1 aromatic carbocycles. The number of benzene rings is 1. The number of aromatic nitrogens is 2. The van der Waals surface area contributed by atoms with Crippen molar-refractivity contribution in [3.8, 4) is 0 Å². The highest BCUT2D eigenvalue weighted by molar-refractivity contribution is 6.74. The molecule has 3 heterocycles. The molecular formula is C27H41N5O4Si. The van der Waals surface area contributed by atoms with E-state index in [4.69, 9.17) is 13.7 Å². The Balaban J connectivity index is 1.41. The number of fused-ring (bicyclic) bond motifs is 2. The van der Waals surface area contributed by atoms with Crippen LogP contribution >= 0.6 is 0 Å². The van der Waals surface area contributed by atoms with E-state index in [2.05, 4.69) is 56.0 Å². The third kappa shape index (κ3) is 6.42. The SMILES string of the molecule is C=C(C)NCC(Cc1nnc([C@@H]2CC[C@@H]3CN2C(=O)N3OCc2ccccc2)o1)O[Si](C)(C)C(C)(C)C. The zero-order valence-electron chi connectivity index (χ0n) is 23.0. The van der Waals surface area contributed by atoms with Crippen LogP contribution in [0.25, 0.3) is 0 Å². The second kappa shape index (κ2) is 11.0. The third-order valence-electron chi connectivity index (χ3n) is 7.60. The summed E-state index contributed by atoms with van der Waals surface area (Å²) in [6.07, 6.45) is 1.94. The molecule has 9 nitrogen and oxygen atoms in total. The van der Waals surface area contributed by atoms with E-state index in [-0.39, 0.29) is 29.3 Å². The van der Waals surface area contributed by atoms with Crippen molar-refractivity contribution >= 4 is 14.3 Å². The Kier molecular flexibility index (Phi) is 8.10. The smallest absolute Gasteiger partial charge is 0.345 e. The van der Waals surface area contributed by atoms with E-state index in [1.165, 1.54) is 5.06 Å². The second-order valence-corrected chi connectivity index (χ2v) is 16.4. The van der Waals surface area contributed by atoms with Gasteiger partial charge in [0.1, 0.15) is 12.6 Å². The van der Waals surface area contributed by atoms with Crippen LogP contribution in [0.3, 0.4) is 0 Å². The molecule has 0 radical (unpaired) electrons. The summed E-state index contributed by atoms with van der Waals surface area (Å²) in [5, 5.41) is 13.6. The number of urea groups is 1. The molecule has 10 heteroatoms. The summed E-state index contributed by atoms with van der Waals surface area (Å²) in [6.45, 7) is 18.6. The fourth-order valence-electron chi connectivity index (χ4n) is 4.49. The van der Waals surface area contributed by atoms with Crippen molar-refractivity contribution in [1.82, 2.24) is 25.5 Å². The Bertz CT molecular complexity index is 1080. The van der Waals surface area contributed by atoms with Crippen molar-refractivity contribution in [3.05, 3.63) is 60.0 Å². The number of hydroxylamine groups is 2. The number of nitrogens with one attached hydrogen (secondary N) is 1. The molecular weight excluding hydrogens is 486 g/mol. The van der Waals surface area contributed by atoms with Crippen LogP contribution in [0.2, 0.25) is 18.1 Å². The number of piperidine rings is 1. The van der Waals surface area contributed by atoms with Gasteiger partial charge in [-0.2, -0.15) is 5.06 Å². The first-order valence-corrected chi connectivity index (χ1v) is 16.0. The maximum atomic E-state index is 13.2. The summed E-state index contributed by atoms with van der Waals surface area (Å²) >= 11 is 0. The van der Waals surface area contributed by atoms with E-state index in [0.717, 1.165) is 24.1 Å². The summed E-state index contributed by atoms with van der Waals surface area (Å²) in [6, 6.07) is 9.51. The van der Waals surface area contributed by atoms with Crippen molar-refractivity contribution in [2.75, 3.05) is 13.1 Å². The topological polar surface area (TPSA) is 93.0 Å².